The van der Waals surface area contributed by atoms with Crippen LogP contribution in [0.15, 0.2) is 0 Å². The predicted octanol–water partition coefficient (Wildman–Crippen LogP) is -0.00832. The highest BCUT2D eigenvalue weighted by Crippen LogP contribution is 1.86. The van der Waals surface area contributed by atoms with E-state index in [2.05, 4.69) is 5.92 Å². The fourth-order valence-corrected chi connectivity index (χ4v) is 0.428. The van der Waals surface area contributed by atoms with E-state index in [4.69, 9.17) is 11.7 Å². The molecule has 3 nitrogen and oxygen atoms in total. The Balaban J connectivity index is 3.76. The van der Waals surface area contributed by atoms with E-state index in [-0.39, 0.29) is 18.9 Å². The van der Waals surface area contributed by atoms with Gasteiger partial charge in [-0.3, -0.25) is 4.79 Å². The topological polar surface area (TPSA) is 44.1 Å². The molecule has 10 heavy (non-hydrogen) atoms. The van der Waals surface area contributed by atoms with Gasteiger partial charge < -0.3 is 4.90 Å². The summed E-state index contributed by atoms with van der Waals surface area (Å²) in [7, 11) is 1.57. The number of rotatable bonds is 2. The molecule has 0 spiro atoms. The molecule has 0 radical (unpaired) electrons. The van der Waals surface area contributed by atoms with Crippen LogP contribution in [0.5, 0.6) is 0 Å². The summed E-state index contributed by atoms with van der Waals surface area (Å²) in [5.41, 5.74) is 0. The van der Waals surface area contributed by atoms with Gasteiger partial charge in [-0.25, -0.2) is 0 Å². The van der Waals surface area contributed by atoms with Crippen LogP contribution < -0.4 is 0 Å². The van der Waals surface area contributed by atoms with Gasteiger partial charge >= 0.3 is 0 Å². The molecular weight excluding hydrogens is 128 g/mol. The van der Waals surface area contributed by atoms with E-state index < -0.39 is 0 Å². The van der Waals surface area contributed by atoms with Crippen LogP contribution in [0, 0.1) is 23.7 Å². The Labute approximate surface area is 60.2 Å². The second-order valence-electron chi connectivity index (χ2n) is 1.79. The minimum absolute atomic E-state index is 0.0990. The van der Waals surface area contributed by atoms with Crippen molar-refractivity contribution in [3.05, 3.63) is 0 Å². The Bertz CT molecular complexity index is 197. The lowest BCUT2D eigenvalue weighted by molar-refractivity contribution is -0.128. The molecule has 0 aromatic carbocycles. The van der Waals surface area contributed by atoms with Crippen LogP contribution in [-0.2, 0) is 4.79 Å². The summed E-state index contributed by atoms with van der Waals surface area (Å²) in [6.07, 6.45) is 4.84. The third-order valence-electron chi connectivity index (χ3n) is 0.984. The molecule has 0 heterocycles. The summed E-state index contributed by atoms with van der Waals surface area (Å²) in [6.45, 7) is 0.264. The molecule has 0 rings (SSSR count). The average molecular weight is 136 g/mol. The number of carbonyl (C=O) groups excluding carboxylic acids is 1. The van der Waals surface area contributed by atoms with Gasteiger partial charge in [0.05, 0.1) is 12.6 Å². The molecule has 0 saturated carbocycles. The Morgan fingerprint density at radius 3 is 2.80 bits per heavy atom. The second kappa shape index (κ2) is 4.40. The number of nitriles is 1. The standard InChI is InChI=1S/C7H8N2O/c1-3-6-9(2)7(10)4-5-8/h1H,4,6H2,2H3. The smallest absolute Gasteiger partial charge is 0.237 e. The van der Waals surface area contributed by atoms with Gasteiger partial charge in [-0.15, -0.1) is 6.42 Å². The van der Waals surface area contributed by atoms with Crippen LogP contribution in [0.4, 0.5) is 0 Å². The van der Waals surface area contributed by atoms with E-state index >= 15 is 0 Å². The van der Waals surface area contributed by atoms with Crippen LogP contribution in [0.2, 0.25) is 0 Å². The highest BCUT2D eigenvalue weighted by molar-refractivity contribution is 5.78. The van der Waals surface area contributed by atoms with E-state index in [9.17, 15) is 4.79 Å². The summed E-state index contributed by atoms with van der Waals surface area (Å²) in [4.78, 5) is 12.1. The summed E-state index contributed by atoms with van der Waals surface area (Å²) in [6, 6.07) is 1.75. The van der Waals surface area contributed by atoms with Gasteiger partial charge in [0.2, 0.25) is 5.91 Å². The van der Waals surface area contributed by atoms with Gasteiger partial charge in [-0.2, -0.15) is 5.26 Å². The first-order valence-electron chi connectivity index (χ1n) is 2.76. The Hall–Kier alpha value is -1.48. The molecule has 0 aliphatic carbocycles. The van der Waals surface area contributed by atoms with E-state index in [1.54, 1.807) is 13.1 Å². The van der Waals surface area contributed by atoms with E-state index in [0.29, 0.717) is 0 Å². The molecule has 52 valence electrons. The highest BCUT2D eigenvalue weighted by Gasteiger charge is 2.04. The van der Waals surface area contributed by atoms with Crippen molar-refractivity contribution < 1.29 is 4.79 Å². The molecule has 0 atom stereocenters. The van der Waals surface area contributed by atoms with E-state index in [1.807, 2.05) is 0 Å². The average Bonchev–Trinajstić information content (AvgIpc) is 1.89. The van der Waals surface area contributed by atoms with Crippen LogP contribution in [0.25, 0.3) is 0 Å². The molecule has 1 amide bonds. The molecule has 0 saturated heterocycles. The fourth-order valence-electron chi connectivity index (χ4n) is 0.428. The zero-order chi connectivity index (χ0) is 7.98. The van der Waals surface area contributed by atoms with Crippen molar-refractivity contribution in [2.24, 2.45) is 0 Å². The molecule has 0 unspecified atom stereocenters. The highest BCUT2D eigenvalue weighted by atomic mass is 16.2. The summed E-state index contributed by atoms with van der Waals surface area (Å²) in [5.74, 6) is 2.07. The summed E-state index contributed by atoms with van der Waals surface area (Å²) in [5, 5.41) is 8.10. The fraction of sp³-hybridized carbons (Fsp3) is 0.429. The lowest BCUT2D eigenvalue weighted by atomic mass is 10.4. The quantitative estimate of drug-likeness (QED) is 0.501. The van der Waals surface area contributed by atoms with Crippen LogP contribution in [-0.4, -0.2) is 24.4 Å². The molecule has 0 aromatic heterocycles. The van der Waals surface area contributed by atoms with Crippen molar-refractivity contribution in [1.82, 2.24) is 4.90 Å². The van der Waals surface area contributed by atoms with Crippen molar-refractivity contribution in [2.75, 3.05) is 13.6 Å². The van der Waals surface area contributed by atoms with Crippen molar-refractivity contribution in [3.63, 3.8) is 0 Å². The van der Waals surface area contributed by atoms with E-state index in [0.717, 1.165) is 0 Å². The van der Waals surface area contributed by atoms with Crippen LogP contribution in [0.1, 0.15) is 6.42 Å². The van der Waals surface area contributed by atoms with Crippen molar-refractivity contribution in [2.45, 2.75) is 6.42 Å². The Morgan fingerprint density at radius 2 is 2.40 bits per heavy atom. The van der Waals surface area contributed by atoms with Crippen molar-refractivity contribution >= 4 is 5.91 Å². The maximum atomic E-state index is 10.7. The van der Waals surface area contributed by atoms with Crippen molar-refractivity contribution in [1.29, 1.82) is 5.26 Å². The first-order chi connectivity index (χ1) is 4.72. The van der Waals surface area contributed by atoms with Gasteiger partial charge in [0.15, 0.2) is 0 Å². The molecule has 0 bridgehead atoms. The van der Waals surface area contributed by atoms with Gasteiger partial charge in [0, 0.05) is 7.05 Å². The largest absolute Gasteiger partial charge is 0.334 e. The minimum atomic E-state index is -0.236. The zero-order valence-electron chi connectivity index (χ0n) is 5.79. The molecule has 0 aliphatic rings. The monoisotopic (exact) mass is 136 g/mol. The first kappa shape index (κ1) is 8.52. The second-order valence-corrected chi connectivity index (χ2v) is 1.79. The lowest BCUT2D eigenvalue weighted by Gasteiger charge is -2.10. The zero-order valence-corrected chi connectivity index (χ0v) is 5.79. The Morgan fingerprint density at radius 1 is 1.80 bits per heavy atom. The predicted molar refractivity (Wildman–Crippen MR) is 36.7 cm³/mol. The van der Waals surface area contributed by atoms with Gasteiger partial charge in [-0.05, 0) is 0 Å². The summed E-state index contributed by atoms with van der Waals surface area (Å²) < 4.78 is 0. The minimum Gasteiger partial charge on any atom is -0.334 e. The maximum absolute atomic E-state index is 10.7. The first-order valence-corrected chi connectivity index (χ1v) is 2.76. The van der Waals surface area contributed by atoms with Crippen molar-refractivity contribution in [3.8, 4) is 18.4 Å². The number of carbonyl (C=O) groups is 1. The number of hydrogen-bond donors (Lipinski definition) is 0. The number of amides is 1. The van der Waals surface area contributed by atoms with Gasteiger partial charge in [0.25, 0.3) is 0 Å². The molecule has 0 N–H and O–H groups in total. The molecule has 0 aromatic rings. The normalized spacial score (nSPS) is 7.50. The number of nitrogens with zero attached hydrogens (tertiary/aromatic N) is 2. The molecular formula is C7H8N2O. The maximum Gasteiger partial charge on any atom is 0.237 e. The third-order valence-corrected chi connectivity index (χ3v) is 0.984. The van der Waals surface area contributed by atoms with Crippen LogP contribution >= 0.6 is 0 Å². The Kier molecular flexibility index (Phi) is 3.75. The molecule has 0 fully saturated rings. The summed E-state index contributed by atoms with van der Waals surface area (Å²) >= 11 is 0. The number of terminal acetylenes is 1. The third kappa shape index (κ3) is 2.74. The SMILES string of the molecule is C#CCN(C)C(=O)CC#N. The lowest BCUT2D eigenvalue weighted by Crippen LogP contribution is -2.26. The molecule has 3 heteroatoms. The van der Waals surface area contributed by atoms with Crippen LogP contribution in [0.3, 0.4) is 0 Å². The molecule has 0 aliphatic heterocycles. The number of hydrogen-bond acceptors (Lipinski definition) is 2. The van der Waals surface area contributed by atoms with Gasteiger partial charge in [-0.1, -0.05) is 5.92 Å². The van der Waals surface area contributed by atoms with Gasteiger partial charge in [0.1, 0.15) is 6.42 Å². The van der Waals surface area contributed by atoms with E-state index in [1.165, 1.54) is 4.90 Å².